The number of rotatable bonds is 8. The number of carbonyl (C=O) groups excluding carboxylic acids is 2. The molecule has 1 aliphatic carbocycles. The lowest BCUT2D eigenvalue weighted by Crippen LogP contribution is -2.27. The Kier molecular flexibility index (Phi) is 7.52. The highest BCUT2D eigenvalue weighted by Gasteiger charge is 2.26. The fraction of sp³-hybridized carbons (Fsp3) is 0.400. The van der Waals surface area contributed by atoms with E-state index >= 15 is 0 Å². The lowest BCUT2D eigenvalue weighted by molar-refractivity contribution is -0.116. The smallest absolute Gasteiger partial charge is 0.407 e. The van der Waals surface area contributed by atoms with E-state index in [4.69, 9.17) is 15.0 Å². The Morgan fingerprint density at radius 2 is 2.12 bits per heavy atom. The van der Waals surface area contributed by atoms with E-state index in [0.29, 0.717) is 30.2 Å². The maximum atomic E-state index is 12.6. The molecule has 1 aromatic carbocycles. The largest absolute Gasteiger partial charge is 0.449 e. The third-order valence-electron chi connectivity index (χ3n) is 6.06. The van der Waals surface area contributed by atoms with Gasteiger partial charge in [0.25, 0.3) is 0 Å². The number of nitrogens with zero attached hydrogens (tertiary/aromatic N) is 1. The first-order valence-electron chi connectivity index (χ1n) is 11.5. The maximum Gasteiger partial charge on any atom is 0.407 e. The predicted octanol–water partition coefficient (Wildman–Crippen LogP) is 4.79. The van der Waals surface area contributed by atoms with Gasteiger partial charge in [0, 0.05) is 17.4 Å². The van der Waals surface area contributed by atoms with Gasteiger partial charge in [0.15, 0.2) is 0 Å². The number of nitrogens with two attached hydrogens (primary N) is 1. The van der Waals surface area contributed by atoms with Gasteiger partial charge in [-0.05, 0) is 49.1 Å². The number of hydrogen-bond donors (Lipinski definition) is 3. The fourth-order valence-corrected chi connectivity index (χ4v) is 5.48. The summed E-state index contributed by atoms with van der Waals surface area (Å²) in [5.41, 5.74) is 9.93. The van der Waals surface area contributed by atoms with E-state index in [1.165, 1.54) is 11.3 Å². The summed E-state index contributed by atoms with van der Waals surface area (Å²) in [6, 6.07) is 11.8. The second-order valence-electron chi connectivity index (χ2n) is 8.80. The summed E-state index contributed by atoms with van der Waals surface area (Å²) in [5, 5.41) is 10.3. The summed E-state index contributed by atoms with van der Waals surface area (Å²) in [4.78, 5) is 25.8. The number of anilines is 2. The molecule has 0 bridgehead atoms. The van der Waals surface area contributed by atoms with Crippen LogP contribution in [0.25, 0.3) is 0 Å². The van der Waals surface area contributed by atoms with Crippen LogP contribution < -0.4 is 16.4 Å². The van der Waals surface area contributed by atoms with Crippen molar-refractivity contribution in [1.29, 1.82) is 0 Å². The molecule has 0 spiro atoms. The minimum Gasteiger partial charge on any atom is -0.449 e. The maximum absolute atomic E-state index is 12.6. The monoisotopic (exact) mass is 482 g/mol. The first-order valence-corrected chi connectivity index (χ1v) is 12.3. The Morgan fingerprint density at radius 1 is 1.32 bits per heavy atom. The zero-order chi connectivity index (χ0) is 24.1. The van der Waals surface area contributed by atoms with Crippen molar-refractivity contribution in [2.45, 2.75) is 52.0 Å². The summed E-state index contributed by atoms with van der Waals surface area (Å²) in [6.07, 6.45) is 2.38. The van der Waals surface area contributed by atoms with Gasteiger partial charge in [0.1, 0.15) is 16.5 Å². The van der Waals surface area contributed by atoms with E-state index in [1.54, 1.807) is 13.0 Å². The van der Waals surface area contributed by atoms with Crippen LogP contribution in [0.4, 0.5) is 15.5 Å². The van der Waals surface area contributed by atoms with E-state index in [1.807, 2.05) is 37.3 Å². The van der Waals surface area contributed by atoms with Crippen molar-refractivity contribution in [3.8, 4) is 0 Å². The highest BCUT2D eigenvalue weighted by Crippen LogP contribution is 2.41. The minimum absolute atomic E-state index is 0.0412. The summed E-state index contributed by atoms with van der Waals surface area (Å²) >= 11 is 1.53. The molecule has 0 fully saturated rings. The van der Waals surface area contributed by atoms with Crippen molar-refractivity contribution in [3.05, 3.63) is 63.9 Å². The first-order chi connectivity index (χ1) is 16.4. The normalized spacial score (nSPS) is 15.9. The molecule has 9 heteroatoms. The average molecular weight is 483 g/mol. The lowest BCUT2D eigenvalue weighted by Gasteiger charge is -2.22. The van der Waals surface area contributed by atoms with Gasteiger partial charge in [0.05, 0.1) is 18.8 Å². The molecule has 2 atom stereocenters. The van der Waals surface area contributed by atoms with Gasteiger partial charge in [-0.25, -0.2) is 4.79 Å². The third-order valence-corrected chi connectivity index (χ3v) is 7.25. The molecule has 2 aromatic heterocycles. The van der Waals surface area contributed by atoms with Gasteiger partial charge in [-0.2, -0.15) is 0 Å². The summed E-state index contributed by atoms with van der Waals surface area (Å²) in [7, 11) is 0. The Morgan fingerprint density at radius 3 is 2.85 bits per heavy atom. The van der Waals surface area contributed by atoms with Gasteiger partial charge < -0.3 is 25.6 Å². The quantitative estimate of drug-likeness (QED) is 0.425. The number of amides is 2. The number of aromatic nitrogens is 1. The highest BCUT2D eigenvalue weighted by molar-refractivity contribution is 7.17. The molecule has 0 aliphatic heterocycles. The molecule has 4 N–H and O–H groups in total. The Balaban J connectivity index is 1.26. The van der Waals surface area contributed by atoms with Crippen LogP contribution in [0.3, 0.4) is 0 Å². The molecule has 8 nitrogen and oxygen atoms in total. The van der Waals surface area contributed by atoms with E-state index in [9.17, 15) is 9.59 Å². The number of carbonyl (C=O) groups is 2. The van der Waals surface area contributed by atoms with Crippen molar-refractivity contribution < 1.29 is 18.8 Å². The molecule has 34 heavy (non-hydrogen) atoms. The average Bonchev–Trinajstić information content (AvgIpc) is 3.39. The Bertz CT molecular complexity index is 1140. The van der Waals surface area contributed by atoms with E-state index in [0.717, 1.165) is 40.3 Å². The number of benzene rings is 1. The zero-order valence-corrected chi connectivity index (χ0v) is 20.2. The molecule has 2 unspecified atom stereocenters. The van der Waals surface area contributed by atoms with Crippen LogP contribution in [0.1, 0.15) is 53.1 Å². The second-order valence-corrected chi connectivity index (χ2v) is 9.91. The second kappa shape index (κ2) is 10.7. The standard InChI is InChI=1S/C25H30N4O4S/c1-15(18-6-4-3-5-7-18)10-22(30)28-24-23(26)20-9-8-17(12-21(20)34-24)14-32-25(31)27-13-19-11-16(2)33-29-19/h3-7,11,15,17H,8-10,12-14,26H2,1-2H3,(H,27,31)(H,28,30). The lowest BCUT2D eigenvalue weighted by atomic mass is 9.89. The molecule has 2 heterocycles. The SMILES string of the molecule is Cc1cc(CNC(=O)OCC2CCc3c(sc(NC(=O)CC(C)c4ccccc4)c3N)C2)no1. The fourth-order valence-electron chi connectivity index (χ4n) is 4.18. The Hall–Kier alpha value is -3.33. The molecular formula is C25H30N4O4S. The number of thiophene rings is 1. The van der Waals surface area contributed by atoms with Crippen LogP contribution in [0.5, 0.6) is 0 Å². The zero-order valence-electron chi connectivity index (χ0n) is 19.4. The predicted molar refractivity (Wildman–Crippen MR) is 132 cm³/mol. The van der Waals surface area contributed by atoms with Crippen molar-refractivity contribution in [2.24, 2.45) is 5.92 Å². The van der Waals surface area contributed by atoms with Gasteiger partial charge in [0.2, 0.25) is 5.91 Å². The molecule has 4 rings (SSSR count). The van der Waals surface area contributed by atoms with E-state index < -0.39 is 6.09 Å². The number of hydrogen-bond acceptors (Lipinski definition) is 7. The molecule has 3 aromatic rings. The van der Waals surface area contributed by atoms with Crippen molar-refractivity contribution in [3.63, 3.8) is 0 Å². The third kappa shape index (κ3) is 5.96. The minimum atomic E-state index is -0.474. The van der Waals surface area contributed by atoms with Crippen LogP contribution >= 0.6 is 11.3 Å². The van der Waals surface area contributed by atoms with Crippen molar-refractivity contribution in [1.82, 2.24) is 10.5 Å². The van der Waals surface area contributed by atoms with Crippen LogP contribution in [0, 0.1) is 12.8 Å². The molecular weight excluding hydrogens is 452 g/mol. The van der Waals surface area contributed by atoms with Gasteiger partial charge in [-0.15, -0.1) is 11.3 Å². The van der Waals surface area contributed by atoms with Crippen LogP contribution in [0.2, 0.25) is 0 Å². The molecule has 0 radical (unpaired) electrons. The number of alkyl carbamates (subject to hydrolysis) is 1. The Labute approximate surface area is 202 Å². The number of aryl methyl sites for hydroxylation is 1. The molecule has 2 amide bonds. The van der Waals surface area contributed by atoms with E-state index in [-0.39, 0.29) is 24.3 Å². The molecule has 0 saturated heterocycles. The summed E-state index contributed by atoms with van der Waals surface area (Å²) < 4.78 is 10.4. The summed E-state index contributed by atoms with van der Waals surface area (Å²) in [5.74, 6) is 0.991. The van der Waals surface area contributed by atoms with E-state index in [2.05, 4.69) is 15.8 Å². The number of fused-ring (bicyclic) bond motifs is 1. The molecule has 0 saturated carbocycles. The first kappa shape index (κ1) is 23.8. The highest BCUT2D eigenvalue weighted by atomic mass is 32.1. The summed E-state index contributed by atoms with van der Waals surface area (Å²) in [6.45, 7) is 4.44. The number of ether oxygens (including phenoxy) is 1. The van der Waals surface area contributed by atoms with Crippen LogP contribution in [0.15, 0.2) is 40.9 Å². The van der Waals surface area contributed by atoms with Crippen LogP contribution in [-0.4, -0.2) is 23.8 Å². The molecule has 180 valence electrons. The molecule has 1 aliphatic rings. The number of nitrogen functional groups attached to an aromatic ring is 1. The van der Waals surface area contributed by atoms with Gasteiger partial charge in [-0.1, -0.05) is 42.4 Å². The van der Waals surface area contributed by atoms with Gasteiger partial charge >= 0.3 is 6.09 Å². The van der Waals surface area contributed by atoms with Crippen molar-refractivity contribution in [2.75, 3.05) is 17.7 Å². The van der Waals surface area contributed by atoms with Gasteiger partial charge in [-0.3, -0.25) is 4.79 Å². The number of nitrogens with one attached hydrogen (secondary N) is 2. The van der Waals surface area contributed by atoms with Crippen LogP contribution in [-0.2, 0) is 28.9 Å². The van der Waals surface area contributed by atoms with Crippen molar-refractivity contribution >= 4 is 34.0 Å². The topological polar surface area (TPSA) is 119 Å².